The van der Waals surface area contributed by atoms with Crippen molar-refractivity contribution in [1.82, 2.24) is 49.8 Å². The molecule has 2 saturated heterocycles. The number of benzene rings is 1. The zero-order valence-electron chi connectivity index (χ0n) is 43.5. The van der Waals surface area contributed by atoms with Crippen LogP contribution in [-0.4, -0.2) is 147 Å². The molecule has 3 amide bonds. The fraction of sp³-hybridized carbons (Fsp3) is 0.482. The largest absolute Gasteiger partial charge is 0.492 e. The molecule has 3 aliphatic heterocycles. The summed E-state index contributed by atoms with van der Waals surface area (Å²) in [5.41, 5.74) is 7.70. The molecule has 5 aromatic rings. The summed E-state index contributed by atoms with van der Waals surface area (Å²) in [5.74, 6) is 0.396. The van der Waals surface area contributed by atoms with Gasteiger partial charge in [-0.25, -0.2) is 9.97 Å². The zero-order valence-corrected chi connectivity index (χ0v) is 43.5. The summed E-state index contributed by atoms with van der Waals surface area (Å²) in [5, 5.41) is 5.98. The predicted molar refractivity (Wildman–Crippen MR) is 284 cm³/mol. The maximum atomic E-state index is 13.8. The van der Waals surface area contributed by atoms with Crippen LogP contribution in [0.2, 0.25) is 0 Å². The monoisotopic (exact) mass is 1010 g/mol. The van der Waals surface area contributed by atoms with E-state index in [0.717, 1.165) is 110 Å². The second-order valence-electron chi connectivity index (χ2n) is 20.2. The third-order valence-corrected chi connectivity index (χ3v) is 14.2. The minimum atomic E-state index is -0.272. The van der Waals surface area contributed by atoms with Gasteiger partial charge in [-0.2, -0.15) is 0 Å². The van der Waals surface area contributed by atoms with Crippen molar-refractivity contribution in [2.45, 2.75) is 104 Å². The van der Waals surface area contributed by atoms with E-state index < -0.39 is 0 Å². The number of allylic oxidation sites excluding steroid dienone is 1. The molecule has 1 aliphatic carbocycles. The summed E-state index contributed by atoms with van der Waals surface area (Å²) in [4.78, 5) is 78.4. The molecule has 1 aromatic carbocycles. The standard InChI is InChI=1S/C56H71N11O7/c1-6-40-32-48-49(62-53(40)68)30-39(33-58-48)35-64-23-25-65(26-24-64)43-12-15-47(59-34-43)54(69)57-19-28-72-44-16-20-63(21-17-44)27-29-73-46-9-7-8-41(31-46)56(71)66-22-18-51-50(36-66)61-52(67(51)37(2)3)55(70)60-42-10-13-45(14-11-42)74-38(4)5/h7-13,15,30-34,37-38,44-45H,6,14,16-29,35-36H2,1-5H3,(H,57,69)(H,60,70)(H,62,68). The summed E-state index contributed by atoms with van der Waals surface area (Å²) < 4.78 is 20.2. The third kappa shape index (κ3) is 13.0. The number of fused-ring (bicyclic) bond motifs is 2. The van der Waals surface area contributed by atoms with Gasteiger partial charge in [0, 0.05) is 107 Å². The fourth-order valence-electron chi connectivity index (χ4n) is 10.2. The Hall–Kier alpha value is -6.73. The van der Waals surface area contributed by atoms with Crippen LogP contribution in [0.3, 0.4) is 0 Å². The highest BCUT2D eigenvalue weighted by atomic mass is 16.5. The van der Waals surface area contributed by atoms with Crippen molar-refractivity contribution in [3.05, 3.63) is 135 Å². The molecule has 9 rings (SSSR count). The van der Waals surface area contributed by atoms with E-state index >= 15 is 0 Å². The molecule has 18 heteroatoms. The Morgan fingerprint density at radius 3 is 2.45 bits per heavy atom. The highest BCUT2D eigenvalue weighted by molar-refractivity contribution is 5.95. The van der Waals surface area contributed by atoms with Crippen molar-refractivity contribution in [3.63, 3.8) is 0 Å². The van der Waals surface area contributed by atoms with Crippen LogP contribution in [0.4, 0.5) is 5.69 Å². The lowest BCUT2D eigenvalue weighted by Crippen LogP contribution is -2.46. The number of pyridine rings is 3. The number of nitrogens with zero attached hydrogens (tertiary/aromatic N) is 8. The van der Waals surface area contributed by atoms with Gasteiger partial charge in [0.2, 0.25) is 0 Å². The SMILES string of the molecule is CCc1cc2ncc(CN3CCN(c4ccc(C(=O)NCCOC5CCN(CCOc6cccc(C(=O)N7CCc8c(nc(C(=O)NC9=CCC(OC(C)C)C=C9)n8C(C)C)C7)c6)CC5)nc4)CC3)cc2[nH]c1=O. The lowest BCUT2D eigenvalue weighted by Gasteiger charge is -2.36. The van der Waals surface area contributed by atoms with Gasteiger partial charge in [0.25, 0.3) is 23.3 Å². The summed E-state index contributed by atoms with van der Waals surface area (Å²) >= 11 is 0. The molecule has 0 bridgehead atoms. The number of likely N-dealkylation sites (tertiary alicyclic amines) is 1. The number of piperidine rings is 1. The Kier molecular flexibility index (Phi) is 17.0. The molecular weight excluding hydrogens is 939 g/mol. The Bertz CT molecular complexity index is 2890. The highest BCUT2D eigenvalue weighted by Gasteiger charge is 2.31. The number of hydrogen-bond donors (Lipinski definition) is 3. The van der Waals surface area contributed by atoms with Gasteiger partial charge in [-0.05, 0) is 107 Å². The number of ether oxygens (including phenoxy) is 3. The number of aryl methyl sites for hydroxylation is 1. The second-order valence-corrected chi connectivity index (χ2v) is 20.2. The number of aromatic nitrogens is 5. The van der Waals surface area contributed by atoms with E-state index in [1.54, 1.807) is 23.2 Å². The minimum Gasteiger partial charge on any atom is -0.492 e. The topological polar surface area (TPSA) is 192 Å². The number of carbonyl (C=O) groups is 3. The van der Waals surface area contributed by atoms with Crippen molar-refractivity contribution in [2.75, 3.05) is 77.0 Å². The van der Waals surface area contributed by atoms with Crippen LogP contribution in [0, 0.1) is 0 Å². The maximum absolute atomic E-state index is 13.8. The molecule has 3 N–H and O–H groups in total. The van der Waals surface area contributed by atoms with Crippen molar-refractivity contribution in [2.24, 2.45) is 0 Å². The number of nitrogens with one attached hydrogen (secondary N) is 3. The number of carbonyl (C=O) groups excluding carboxylic acids is 3. The first-order valence-corrected chi connectivity index (χ1v) is 26.4. The van der Waals surface area contributed by atoms with E-state index in [1.807, 2.05) is 100 Å². The smallest absolute Gasteiger partial charge is 0.291 e. The van der Waals surface area contributed by atoms with Crippen molar-refractivity contribution >= 4 is 34.4 Å². The molecule has 0 radical (unpaired) electrons. The number of aromatic amines is 1. The predicted octanol–water partition coefficient (Wildman–Crippen LogP) is 5.84. The number of hydrogen-bond acceptors (Lipinski definition) is 13. The van der Waals surface area contributed by atoms with Gasteiger partial charge in [-0.15, -0.1) is 0 Å². The van der Waals surface area contributed by atoms with E-state index in [4.69, 9.17) is 19.2 Å². The Morgan fingerprint density at radius 2 is 1.72 bits per heavy atom. The van der Waals surface area contributed by atoms with Crippen LogP contribution in [0.25, 0.3) is 11.0 Å². The summed E-state index contributed by atoms with van der Waals surface area (Å²) in [7, 11) is 0. The molecule has 392 valence electrons. The summed E-state index contributed by atoms with van der Waals surface area (Å²) in [6, 6.07) is 15.0. The van der Waals surface area contributed by atoms with Crippen molar-refractivity contribution in [1.29, 1.82) is 0 Å². The average Bonchev–Trinajstić information content (AvgIpc) is 3.81. The van der Waals surface area contributed by atoms with Gasteiger partial charge < -0.3 is 44.2 Å². The lowest BCUT2D eigenvalue weighted by molar-refractivity contribution is 0.00708. The number of amides is 3. The van der Waals surface area contributed by atoms with E-state index in [-0.39, 0.29) is 47.6 Å². The number of rotatable bonds is 19. The molecule has 18 nitrogen and oxygen atoms in total. The number of imidazole rings is 1. The van der Waals surface area contributed by atoms with Gasteiger partial charge in [0.1, 0.15) is 18.1 Å². The van der Waals surface area contributed by atoms with Crippen LogP contribution in [0.15, 0.2) is 89.6 Å². The van der Waals surface area contributed by atoms with E-state index in [1.165, 1.54) is 0 Å². The molecule has 2 fully saturated rings. The molecule has 0 saturated carbocycles. The van der Waals surface area contributed by atoms with E-state index in [2.05, 4.69) is 40.3 Å². The first-order chi connectivity index (χ1) is 35.9. The number of H-pyrrole nitrogens is 1. The average molecular weight is 1010 g/mol. The number of anilines is 1. The summed E-state index contributed by atoms with van der Waals surface area (Å²) in [6.07, 6.45) is 13.5. The molecule has 1 unspecified atom stereocenters. The van der Waals surface area contributed by atoms with E-state index in [0.29, 0.717) is 74.9 Å². The first kappa shape index (κ1) is 52.1. The third-order valence-electron chi connectivity index (χ3n) is 14.2. The molecular formula is C56H71N11O7. The normalized spacial score (nSPS) is 17.7. The molecule has 7 heterocycles. The molecule has 4 aromatic heterocycles. The molecule has 0 spiro atoms. The second kappa shape index (κ2) is 24.1. The maximum Gasteiger partial charge on any atom is 0.291 e. The van der Waals surface area contributed by atoms with Crippen LogP contribution < -0.4 is 25.8 Å². The van der Waals surface area contributed by atoms with Gasteiger partial charge in [0.15, 0.2) is 5.82 Å². The van der Waals surface area contributed by atoms with Gasteiger partial charge in [-0.1, -0.05) is 25.1 Å². The fourth-order valence-corrected chi connectivity index (χ4v) is 10.2. The quantitative estimate of drug-likeness (QED) is 0.0838. The minimum absolute atomic E-state index is 0.00912. The van der Waals surface area contributed by atoms with E-state index in [9.17, 15) is 19.2 Å². The van der Waals surface area contributed by atoms with Gasteiger partial charge in [-0.3, -0.25) is 34.0 Å². The Morgan fingerprint density at radius 1 is 0.892 bits per heavy atom. The Balaban J connectivity index is 0.651. The number of piperazine rings is 1. The van der Waals surface area contributed by atoms with Crippen molar-refractivity contribution < 1.29 is 28.6 Å². The Labute approximate surface area is 433 Å². The summed E-state index contributed by atoms with van der Waals surface area (Å²) in [6.45, 7) is 18.9. The van der Waals surface area contributed by atoms with Crippen LogP contribution in [-0.2, 0) is 35.4 Å². The van der Waals surface area contributed by atoms with Crippen LogP contribution >= 0.6 is 0 Å². The van der Waals surface area contributed by atoms with Crippen molar-refractivity contribution in [3.8, 4) is 5.75 Å². The lowest BCUT2D eigenvalue weighted by atomic mass is 10.1. The van der Waals surface area contributed by atoms with Gasteiger partial charge in [0.05, 0.1) is 60.1 Å². The van der Waals surface area contributed by atoms with Crippen LogP contribution in [0.1, 0.15) is 114 Å². The zero-order chi connectivity index (χ0) is 51.7. The molecule has 4 aliphatic rings. The molecule has 74 heavy (non-hydrogen) atoms. The van der Waals surface area contributed by atoms with Gasteiger partial charge >= 0.3 is 0 Å². The first-order valence-electron chi connectivity index (χ1n) is 26.4. The highest BCUT2D eigenvalue weighted by Crippen LogP contribution is 2.27. The van der Waals surface area contributed by atoms with Crippen LogP contribution in [0.5, 0.6) is 5.75 Å². The molecule has 1 atom stereocenters.